The minimum Gasteiger partial charge on any atom is -0.479 e. The quantitative estimate of drug-likeness (QED) is 0.437. The summed E-state index contributed by atoms with van der Waals surface area (Å²) in [4.78, 5) is 20.8. The predicted molar refractivity (Wildman–Crippen MR) is 114 cm³/mol. The first-order valence-corrected chi connectivity index (χ1v) is 11.3. The largest absolute Gasteiger partial charge is 0.479 e. The van der Waals surface area contributed by atoms with Crippen molar-refractivity contribution in [3.63, 3.8) is 0 Å². The fourth-order valence-electron chi connectivity index (χ4n) is 4.05. The standard InChI is InChI=1S/C20H22BrF3N6O3/c1-3-33-18(31)12-8-25-30(10-12)19-26-14-15(17(27-19)32-2)29(28-16(14)21)9-11-4-6-13(7-5-11)20(22,23)24/h8,10-11,13H,3-7,9H2,1-2H3. The second kappa shape index (κ2) is 9.27. The van der Waals surface area contributed by atoms with Crippen molar-refractivity contribution < 1.29 is 27.4 Å². The molecule has 1 aliphatic rings. The third-order valence-corrected chi connectivity index (χ3v) is 6.27. The monoisotopic (exact) mass is 530 g/mol. The van der Waals surface area contributed by atoms with Gasteiger partial charge in [0.1, 0.15) is 5.52 Å². The highest BCUT2D eigenvalue weighted by Gasteiger charge is 2.41. The number of carbonyl (C=O) groups excluding carboxylic acids is 1. The number of nitrogens with zero attached hydrogens (tertiary/aromatic N) is 6. The van der Waals surface area contributed by atoms with Crippen LogP contribution in [0, 0.1) is 11.8 Å². The molecule has 178 valence electrons. The van der Waals surface area contributed by atoms with Gasteiger partial charge in [-0.1, -0.05) is 0 Å². The molecule has 0 unspecified atom stereocenters. The number of fused-ring (bicyclic) bond motifs is 1. The normalized spacial score (nSPS) is 19.1. The summed E-state index contributed by atoms with van der Waals surface area (Å²) >= 11 is 3.41. The molecule has 0 spiro atoms. The molecule has 0 bridgehead atoms. The van der Waals surface area contributed by atoms with Crippen LogP contribution in [0.5, 0.6) is 5.88 Å². The molecule has 1 saturated carbocycles. The first-order valence-electron chi connectivity index (χ1n) is 10.5. The number of hydrogen-bond donors (Lipinski definition) is 0. The van der Waals surface area contributed by atoms with Gasteiger partial charge in [-0.25, -0.2) is 14.5 Å². The van der Waals surface area contributed by atoms with Gasteiger partial charge in [-0.3, -0.25) is 4.68 Å². The molecule has 0 N–H and O–H groups in total. The average molecular weight is 531 g/mol. The number of ether oxygens (including phenoxy) is 2. The van der Waals surface area contributed by atoms with Crippen LogP contribution in [0.4, 0.5) is 13.2 Å². The Balaban J connectivity index is 1.61. The number of aromatic nitrogens is 6. The number of alkyl halides is 3. The van der Waals surface area contributed by atoms with Crippen molar-refractivity contribution in [3.05, 3.63) is 22.6 Å². The van der Waals surface area contributed by atoms with Gasteiger partial charge in [-0.15, -0.1) is 0 Å². The number of halogens is 4. The van der Waals surface area contributed by atoms with E-state index in [0.717, 1.165) is 0 Å². The van der Waals surface area contributed by atoms with Gasteiger partial charge >= 0.3 is 12.1 Å². The van der Waals surface area contributed by atoms with Crippen LogP contribution in [-0.4, -0.2) is 55.4 Å². The van der Waals surface area contributed by atoms with Gasteiger partial charge in [0.2, 0.25) is 5.88 Å². The molecule has 0 radical (unpaired) electrons. The van der Waals surface area contributed by atoms with Crippen molar-refractivity contribution in [3.8, 4) is 11.8 Å². The minimum absolute atomic E-state index is 0.0567. The van der Waals surface area contributed by atoms with Crippen molar-refractivity contribution in [2.24, 2.45) is 11.8 Å². The summed E-state index contributed by atoms with van der Waals surface area (Å²) in [6, 6.07) is 0. The Hall–Kier alpha value is -2.70. The van der Waals surface area contributed by atoms with Crippen molar-refractivity contribution >= 4 is 32.9 Å². The molecule has 33 heavy (non-hydrogen) atoms. The topological polar surface area (TPSA) is 96.9 Å². The van der Waals surface area contributed by atoms with Gasteiger partial charge in [-0.05, 0) is 54.5 Å². The lowest BCUT2D eigenvalue weighted by atomic mass is 9.81. The van der Waals surface area contributed by atoms with E-state index in [1.807, 2.05) is 0 Å². The molecule has 3 aromatic heterocycles. The maximum absolute atomic E-state index is 13.0. The molecule has 3 aromatic rings. The molecule has 9 nitrogen and oxygen atoms in total. The lowest BCUT2D eigenvalue weighted by molar-refractivity contribution is -0.184. The minimum atomic E-state index is -4.14. The molecule has 1 aliphatic carbocycles. The van der Waals surface area contributed by atoms with Crippen molar-refractivity contribution in [1.82, 2.24) is 29.5 Å². The Labute approximate surface area is 195 Å². The van der Waals surface area contributed by atoms with Crippen LogP contribution in [0.25, 0.3) is 17.0 Å². The van der Waals surface area contributed by atoms with Gasteiger partial charge in [0.25, 0.3) is 5.95 Å². The van der Waals surface area contributed by atoms with Gasteiger partial charge in [0.15, 0.2) is 10.1 Å². The molecule has 1 fully saturated rings. The van der Waals surface area contributed by atoms with E-state index >= 15 is 0 Å². The summed E-state index contributed by atoms with van der Waals surface area (Å²) in [5.41, 5.74) is 1.25. The third-order valence-electron chi connectivity index (χ3n) is 5.74. The molecule has 4 rings (SSSR count). The zero-order valence-electron chi connectivity index (χ0n) is 18.0. The van der Waals surface area contributed by atoms with Crippen LogP contribution >= 0.6 is 15.9 Å². The summed E-state index contributed by atoms with van der Waals surface area (Å²) in [5.74, 6) is -1.28. The highest BCUT2D eigenvalue weighted by molar-refractivity contribution is 9.10. The highest BCUT2D eigenvalue weighted by atomic mass is 79.9. The van der Waals surface area contributed by atoms with E-state index in [9.17, 15) is 18.0 Å². The summed E-state index contributed by atoms with van der Waals surface area (Å²) in [6.45, 7) is 2.38. The summed E-state index contributed by atoms with van der Waals surface area (Å²) in [5, 5.41) is 8.61. The molecule has 0 aromatic carbocycles. The summed E-state index contributed by atoms with van der Waals surface area (Å²) in [6.07, 6.45) is -0.158. The van der Waals surface area contributed by atoms with Gasteiger partial charge in [-0.2, -0.15) is 28.4 Å². The first-order chi connectivity index (χ1) is 15.7. The van der Waals surface area contributed by atoms with E-state index in [2.05, 4.69) is 36.1 Å². The van der Waals surface area contributed by atoms with Crippen molar-refractivity contribution in [2.75, 3.05) is 13.7 Å². The van der Waals surface area contributed by atoms with Crippen molar-refractivity contribution in [1.29, 1.82) is 0 Å². The zero-order valence-corrected chi connectivity index (χ0v) is 19.6. The first kappa shape index (κ1) is 23.5. The maximum Gasteiger partial charge on any atom is 0.391 e. The summed E-state index contributed by atoms with van der Waals surface area (Å²) in [7, 11) is 1.46. The molecular weight excluding hydrogens is 509 g/mol. The van der Waals surface area contributed by atoms with Gasteiger partial charge in [0.05, 0.1) is 31.4 Å². The predicted octanol–water partition coefficient (Wildman–Crippen LogP) is 4.33. The van der Waals surface area contributed by atoms with E-state index in [4.69, 9.17) is 9.47 Å². The number of rotatable bonds is 6. The van der Waals surface area contributed by atoms with Crippen LogP contribution in [0.1, 0.15) is 43.0 Å². The van der Waals surface area contributed by atoms with E-state index in [1.54, 1.807) is 11.6 Å². The molecule has 0 saturated heterocycles. The molecule has 0 amide bonds. The Morgan fingerprint density at radius 2 is 1.97 bits per heavy atom. The average Bonchev–Trinajstić information content (AvgIpc) is 3.39. The van der Waals surface area contributed by atoms with Crippen LogP contribution in [0.15, 0.2) is 17.0 Å². The highest BCUT2D eigenvalue weighted by Crippen LogP contribution is 2.40. The molecular formula is C20H22BrF3N6O3. The molecule has 0 aliphatic heterocycles. The fraction of sp³-hybridized carbons (Fsp3) is 0.550. The van der Waals surface area contributed by atoms with Crippen molar-refractivity contribution in [2.45, 2.75) is 45.3 Å². The number of carbonyl (C=O) groups is 1. The van der Waals surface area contributed by atoms with Gasteiger partial charge in [0, 0.05) is 12.7 Å². The molecule has 0 atom stereocenters. The van der Waals surface area contributed by atoms with E-state index < -0.39 is 18.1 Å². The maximum atomic E-state index is 13.0. The number of hydrogen-bond acceptors (Lipinski definition) is 7. The zero-order chi connectivity index (χ0) is 23.8. The lowest BCUT2D eigenvalue weighted by Gasteiger charge is -2.29. The van der Waals surface area contributed by atoms with E-state index in [1.165, 1.54) is 24.2 Å². The van der Waals surface area contributed by atoms with Crippen LogP contribution in [-0.2, 0) is 11.3 Å². The lowest BCUT2D eigenvalue weighted by Crippen LogP contribution is -2.29. The molecule has 3 heterocycles. The smallest absolute Gasteiger partial charge is 0.391 e. The SMILES string of the molecule is CCOC(=O)c1cnn(-c2nc(OC)c3c(n2)c(Br)nn3CC2CCC(C(F)(F)F)CC2)c1. The second-order valence-corrected chi connectivity index (χ2v) is 8.61. The number of methoxy groups -OCH3 is 1. The van der Waals surface area contributed by atoms with Crippen LogP contribution in [0.2, 0.25) is 0 Å². The number of esters is 1. The van der Waals surface area contributed by atoms with Crippen LogP contribution in [0.3, 0.4) is 0 Å². The Morgan fingerprint density at radius 1 is 1.24 bits per heavy atom. The third kappa shape index (κ3) is 4.82. The Bertz CT molecular complexity index is 1150. The van der Waals surface area contributed by atoms with Gasteiger partial charge < -0.3 is 9.47 Å². The molecule has 13 heteroatoms. The second-order valence-electron chi connectivity index (χ2n) is 7.86. The Kier molecular flexibility index (Phi) is 6.59. The van der Waals surface area contributed by atoms with E-state index in [-0.39, 0.29) is 42.8 Å². The Morgan fingerprint density at radius 3 is 2.61 bits per heavy atom. The fourth-order valence-corrected chi connectivity index (χ4v) is 4.52. The summed E-state index contributed by atoms with van der Waals surface area (Å²) < 4.78 is 52.8. The van der Waals surface area contributed by atoms with E-state index in [0.29, 0.717) is 35.0 Å². The van der Waals surface area contributed by atoms with Crippen LogP contribution < -0.4 is 4.74 Å².